The Bertz CT molecular complexity index is 1140. The van der Waals surface area contributed by atoms with E-state index in [0.717, 1.165) is 55.1 Å². The Morgan fingerprint density at radius 2 is 1.68 bits per heavy atom. The molecule has 1 aliphatic rings. The number of para-hydroxylation sites is 1. The summed E-state index contributed by atoms with van der Waals surface area (Å²) in [6, 6.07) is 20.8. The number of ether oxygens (including phenoxy) is 1. The first-order chi connectivity index (χ1) is 15.3. The summed E-state index contributed by atoms with van der Waals surface area (Å²) >= 11 is 0. The van der Waals surface area contributed by atoms with Crippen LogP contribution in [0, 0.1) is 0 Å². The normalized spacial score (nSPS) is 14.6. The molecule has 1 saturated heterocycles. The average Bonchev–Trinajstić information content (AvgIpc) is 2.84. The van der Waals surface area contributed by atoms with Crippen molar-refractivity contribution in [1.29, 1.82) is 0 Å². The van der Waals surface area contributed by atoms with Crippen LogP contribution in [0.5, 0.6) is 0 Å². The molecule has 0 amide bonds. The van der Waals surface area contributed by atoms with Gasteiger partial charge in [-0.15, -0.1) is 0 Å². The second-order valence-electron chi connectivity index (χ2n) is 7.71. The lowest BCUT2D eigenvalue weighted by Crippen LogP contribution is -2.35. The summed E-state index contributed by atoms with van der Waals surface area (Å²) in [5.74, 6) is 1.51. The SMILES string of the molecule is c1cncc(-c2nc(NCc3ccc(CN4CCOCC4)cc3)c3ccccc3n2)c1. The molecule has 2 aromatic heterocycles. The maximum atomic E-state index is 5.43. The van der Waals surface area contributed by atoms with Gasteiger partial charge in [-0.05, 0) is 35.4 Å². The van der Waals surface area contributed by atoms with Gasteiger partial charge >= 0.3 is 0 Å². The smallest absolute Gasteiger partial charge is 0.163 e. The number of rotatable bonds is 6. The van der Waals surface area contributed by atoms with Crippen LogP contribution >= 0.6 is 0 Å². The number of aromatic nitrogens is 3. The van der Waals surface area contributed by atoms with Crippen LogP contribution in [0.2, 0.25) is 0 Å². The zero-order valence-electron chi connectivity index (χ0n) is 17.4. The van der Waals surface area contributed by atoms with Crippen LogP contribution in [0.3, 0.4) is 0 Å². The Morgan fingerprint density at radius 1 is 0.871 bits per heavy atom. The van der Waals surface area contributed by atoms with Gasteiger partial charge in [0.15, 0.2) is 5.82 Å². The third-order valence-electron chi connectivity index (χ3n) is 5.52. The van der Waals surface area contributed by atoms with E-state index < -0.39 is 0 Å². The van der Waals surface area contributed by atoms with Crippen molar-refractivity contribution >= 4 is 16.7 Å². The average molecular weight is 412 g/mol. The molecule has 3 heterocycles. The number of fused-ring (bicyclic) bond motifs is 1. The Labute approximate surface area is 181 Å². The number of hydrogen-bond donors (Lipinski definition) is 1. The molecule has 6 heteroatoms. The van der Waals surface area contributed by atoms with Gasteiger partial charge in [-0.2, -0.15) is 0 Å². The molecule has 5 rings (SSSR count). The number of pyridine rings is 1. The van der Waals surface area contributed by atoms with E-state index in [1.54, 1.807) is 12.4 Å². The second-order valence-corrected chi connectivity index (χ2v) is 7.71. The molecular weight excluding hydrogens is 386 g/mol. The van der Waals surface area contributed by atoms with Crippen LogP contribution in [-0.2, 0) is 17.8 Å². The topological polar surface area (TPSA) is 63.2 Å². The van der Waals surface area contributed by atoms with Gasteiger partial charge in [0.2, 0.25) is 0 Å². The van der Waals surface area contributed by atoms with Crippen LogP contribution in [0.15, 0.2) is 73.1 Å². The van der Waals surface area contributed by atoms with Gasteiger partial charge in [-0.25, -0.2) is 9.97 Å². The number of hydrogen-bond acceptors (Lipinski definition) is 6. The molecule has 0 atom stereocenters. The fourth-order valence-electron chi connectivity index (χ4n) is 3.80. The zero-order chi connectivity index (χ0) is 20.9. The van der Waals surface area contributed by atoms with E-state index in [9.17, 15) is 0 Å². The van der Waals surface area contributed by atoms with Gasteiger partial charge in [-0.3, -0.25) is 9.88 Å². The summed E-state index contributed by atoms with van der Waals surface area (Å²) in [4.78, 5) is 16.2. The minimum absolute atomic E-state index is 0.676. The van der Waals surface area contributed by atoms with Crippen LogP contribution in [0.4, 0.5) is 5.82 Å². The highest BCUT2D eigenvalue weighted by Gasteiger charge is 2.11. The first kappa shape index (κ1) is 19.6. The Kier molecular flexibility index (Phi) is 5.82. The monoisotopic (exact) mass is 411 g/mol. The Morgan fingerprint density at radius 3 is 2.48 bits per heavy atom. The quantitative estimate of drug-likeness (QED) is 0.515. The van der Waals surface area contributed by atoms with Crippen molar-refractivity contribution in [2.24, 2.45) is 0 Å². The van der Waals surface area contributed by atoms with Crippen molar-refractivity contribution in [3.05, 3.63) is 84.2 Å². The minimum atomic E-state index is 0.676. The molecule has 1 fully saturated rings. The first-order valence-electron chi connectivity index (χ1n) is 10.6. The lowest BCUT2D eigenvalue weighted by molar-refractivity contribution is 0.0342. The molecule has 0 saturated carbocycles. The summed E-state index contributed by atoms with van der Waals surface area (Å²) in [7, 11) is 0. The highest BCUT2D eigenvalue weighted by molar-refractivity contribution is 5.90. The maximum Gasteiger partial charge on any atom is 0.163 e. The first-order valence-corrected chi connectivity index (χ1v) is 10.6. The van der Waals surface area contributed by atoms with Crippen molar-refractivity contribution in [3.63, 3.8) is 0 Å². The van der Waals surface area contributed by atoms with Gasteiger partial charge in [0.25, 0.3) is 0 Å². The summed E-state index contributed by atoms with van der Waals surface area (Å²) in [5, 5.41) is 4.53. The third kappa shape index (κ3) is 4.71. The van der Waals surface area contributed by atoms with Crippen molar-refractivity contribution in [2.45, 2.75) is 13.1 Å². The Hall–Kier alpha value is -3.35. The molecule has 0 bridgehead atoms. The van der Waals surface area contributed by atoms with Crippen molar-refractivity contribution < 1.29 is 4.74 Å². The van der Waals surface area contributed by atoms with E-state index in [4.69, 9.17) is 14.7 Å². The van der Waals surface area contributed by atoms with E-state index in [1.165, 1.54) is 11.1 Å². The summed E-state index contributed by atoms with van der Waals surface area (Å²) < 4.78 is 5.43. The highest BCUT2D eigenvalue weighted by Crippen LogP contribution is 2.25. The predicted molar refractivity (Wildman–Crippen MR) is 123 cm³/mol. The molecule has 4 aromatic rings. The Balaban J connectivity index is 1.33. The second kappa shape index (κ2) is 9.20. The molecule has 6 nitrogen and oxygen atoms in total. The van der Waals surface area contributed by atoms with E-state index in [-0.39, 0.29) is 0 Å². The fraction of sp³-hybridized carbons (Fsp3) is 0.240. The third-order valence-corrected chi connectivity index (χ3v) is 5.52. The molecule has 2 aromatic carbocycles. The van der Waals surface area contributed by atoms with Gasteiger partial charge in [0.05, 0.1) is 18.7 Å². The number of anilines is 1. The van der Waals surface area contributed by atoms with E-state index >= 15 is 0 Å². The van der Waals surface area contributed by atoms with Crippen molar-refractivity contribution in [3.8, 4) is 11.4 Å². The van der Waals surface area contributed by atoms with E-state index in [2.05, 4.69) is 45.5 Å². The number of morpholine rings is 1. The zero-order valence-corrected chi connectivity index (χ0v) is 17.4. The molecule has 1 N–H and O–H groups in total. The van der Waals surface area contributed by atoms with Crippen molar-refractivity contribution in [1.82, 2.24) is 19.9 Å². The van der Waals surface area contributed by atoms with Crippen molar-refractivity contribution in [2.75, 3.05) is 31.6 Å². The standard InChI is InChI=1S/C25H25N5O/c1-2-6-23-22(5-1)25(29-24(28-23)21-4-3-11-26-17-21)27-16-19-7-9-20(10-8-19)18-30-12-14-31-15-13-30/h1-11,17H,12-16,18H2,(H,27,28,29). The largest absolute Gasteiger partial charge is 0.379 e. The number of nitrogens with zero attached hydrogens (tertiary/aromatic N) is 4. The maximum absolute atomic E-state index is 5.43. The highest BCUT2D eigenvalue weighted by atomic mass is 16.5. The molecule has 31 heavy (non-hydrogen) atoms. The lowest BCUT2D eigenvalue weighted by Gasteiger charge is -2.26. The molecule has 0 aliphatic carbocycles. The summed E-state index contributed by atoms with van der Waals surface area (Å²) in [5.41, 5.74) is 4.37. The van der Waals surface area contributed by atoms with Crippen LogP contribution in [0.1, 0.15) is 11.1 Å². The van der Waals surface area contributed by atoms with Gasteiger partial charge in [-0.1, -0.05) is 36.4 Å². The predicted octanol–water partition coefficient (Wildman–Crippen LogP) is 4.14. The summed E-state index contributed by atoms with van der Waals surface area (Å²) in [6.45, 7) is 5.34. The number of benzene rings is 2. The van der Waals surface area contributed by atoms with Crippen LogP contribution in [0.25, 0.3) is 22.3 Å². The van der Waals surface area contributed by atoms with Crippen LogP contribution in [-0.4, -0.2) is 46.2 Å². The van der Waals surface area contributed by atoms with Gasteiger partial charge in [0, 0.05) is 49.5 Å². The lowest BCUT2D eigenvalue weighted by atomic mass is 10.1. The minimum Gasteiger partial charge on any atom is -0.379 e. The molecule has 0 unspecified atom stereocenters. The molecule has 1 aliphatic heterocycles. The molecular formula is C25H25N5O. The van der Waals surface area contributed by atoms with E-state index in [0.29, 0.717) is 12.4 Å². The van der Waals surface area contributed by atoms with Gasteiger partial charge < -0.3 is 10.1 Å². The molecule has 0 spiro atoms. The number of nitrogens with one attached hydrogen (secondary N) is 1. The van der Waals surface area contributed by atoms with Crippen LogP contribution < -0.4 is 5.32 Å². The molecule has 156 valence electrons. The molecule has 0 radical (unpaired) electrons. The van der Waals surface area contributed by atoms with Gasteiger partial charge in [0.1, 0.15) is 5.82 Å². The fourth-order valence-corrected chi connectivity index (χ4v) is 3.80. The summed E-state index contributed by atoms with van der Waals surface area (Å²) in [6.07, 6.45) is 3.55. The van der Waals surface area contributed by atoms with E-state index in [1.807, 2.05) is 30.3 Å².